The van der Waals surface area contributed by atoms with E-state index in [1.807, 2.05) is 20.8 Å². The van der Waals surface area contributed by atoms with Gasteiger partial charge in [0.25, 0.3) is 0 Å². The van der Waals surface area contributed by atoms with Gasteiger partial charge in [0.05, 0.1) is 28.0 Å². The van der Waals surface area contributed by atoms with Crippen LogP contribution in [0.3, 0.4) is 0 Å². The summed E-state index contributed by atoms with van der Waals surface area (Å²) in [6.45, 7) is 8.57. The molecular formula is C13H19ClO3S. The van der Waals surface area contributed by atoms with Crippen molar-refractivity contribution in [1.29, 1.82) is 0 Å². The lowest BCUT2D eigenvalue weighted by molar-refractivity contribution is -0.0436. The Morgan fingerprint density at radius 2 is 2.06 bits per heavy atom. The Kier molecular flexibility index (Phi) is 5.79. The van der Waals surface area contributed by atoms with Gasteiger partial charge in [-0.3, -0.25) is 4.79 Å². The van der Waals surface area contributed by atoms with Crippen molar-refractivity contribution < 1.29 is 14.3 Å². The van der Waals surface area contributed by atoms with Crippen LogP contribution in [0.15, 0.2) is 12.1 Å². The molecule has 1 heterocycles. The van der Waals surface area contributed by atoms with Gasteiger partial charge in [-0.25, -0.2) is 0 Å². The third-order valence-corrected chi connectivity index (χ3v) is 3.42. The van der Waals surface area contributed by atoms with Gasteiger partial charge in [0.2, 0.25) is 5.78 Å². The first-order chi connectivity index (χ1) is 8.29. The fraction of sp³-hybridized carbons (Fsp3) is 0.615. The van der Waals surface area contributed by atoms with E-state index in [0.29, 0.717) is 22.4 Å². The molecule has 0 N–H and O–H groups in total. The molecule has 0 saturated carbocycles. The number of thiophene rings is 1. The number of ketones is 1. The lowest BCUT2D eigenvalue weighted by Crippen LogP contribution is -2.25. The van der Waals surface area contributed by atoms with Crippen LogP contribution in [0.1, 0.15) is 37.4 Å². The third kappa shape index (κ3) is 5.48. The van der Waals surface area contributed by atoms with Crippen molar-refractivity contribution in [3.05, 3.63) is 21.3 Å². The minimum atomic E-state index is -0.469. The predicted octanol–water partition coefficient (Wildman–Crippen LogP) is 3.80. The zero-order valence-corrected chi connectivity index (χ0v) is 12.7. The van der Waals surface area contributed by atoms with Gasteiger partial charge in [0, 0.05) is 0 Å². The smallest absolute Gasteiger partial charge is 0.201 e. The second-order valence-corrected chi connectivity index (χ2v) is 6.66. The molecule has 0 bridgehead atoms. The topological polar surface area (TPSA) is 35.5 Å². The molecule has 0 spiro atoms. The maximum atomic E-state index is 11.9. The Balaban J connectivity index is 2.33. The Morgan fingerprint density at radius 3 is 2.56 bits per heavy atom. The highest BCUT2D eigenvalue weighted by Crippen LogP contribution is 2.23. The van der Waals surface area contributed by atoms with Crippen LogP contribution in [0, 0.1) is 0 Å². The summed E-state index contributed by atoms with van der Waals surface area (Å²) in [5.74, 6) is -0.0392. The first-order valence-corrected chi connectivity index (χ1v) is 7.04. The Labute approximate surface area is 117 Å². The normalized spacial score (nSPS) is 13.6. The molecule has 1 aromatic heterocycles. The summed E-state index contributed by atoms with van der Waals surface area (Å²) in [4.78, 5) is 12.6. The fourth-order valence-electron chi connectivity index (χ4n) is 1.30. The summed E-state index contributed by atoms with van der Waals surface area (Å²) in [7, 11) is 0. The van der Waals surface area contributed by atoms with Crippen molar-refractivity contribution in [2.45, 2.75) is 39.4 Å². The maximum absolute atomic E-state index is 11.9. The summed E-state index contributed by atoms with van der Waals surface area (Å²) in [6.07, 6.45) is -0.469. The molecule has 1 rings (SSSR count). The number of carbonyl (C=O) groups is 1. The van der Waals surface area contributed by atoms with Crippen LogP contribution < -0.4 is 0 Å². The van der Waals surface area contributed by atoms with E-state index in [4.69, 9.17) is 21.1 Å². The van der Waals surface area contributed by atoms with E-state index in [0.717, 1.165) is 0 Å². The van der Waals surface area contributed by atoms with Crippen LogP contribution in [-0.4, -0.2) is 30.7 Å². The number of hydrogen-bond acceptors (Lipinski definition) is 4. The van der Waals surface area contributed by atoms with Gasteiger partial charge < -0.3 is 9.47 Å². The molecule has 1 atom stereocenters. The molecule has 0 amide bonds. The van der Waals surface area contributed by atoms with Gasteiger partial charge in [-0.05, 0) is 39.8 Å². The van der Waals surface area contributed by atoms with E-state index < -0.39 is 6.10 Å². The van der Waals surface area contributed by atoms with Crippen LogP contribution >= 0.6 is 22.9 Å². The van der Waals surface area contributed by atoms with Crippen molar-refractivity contribution in [1.82, 2.24) is 0 Å². The van der Waals surface area contributed by atoms with Gasteiger partial charge in [0.1, 0.15) is 6.10 Å². The van der Waals surface area contributed by atoms with Gasteiger partial charge >= 0.3 is 0 Å². The largest absolute Gasteiger partial charge is 0.373 e. The first-order valence-electron chi connectivity index (χ1n) is 5.85. The molecule has 3 nitrogen and oxygen atoms in total. The maximum Gasteiger partial charge on any atom is 0.201 e. The molecule has 0 aliphatic carbocycles. The molecule has 1 aromatic rings. The van der Waals surface area contributed by atoms with E-state index >= 15 is 0 Å². The van der Waals surface area contributed by atoms with Crippen molar-refractivity contribution in [3.63, 3.8) is 0 Å². The molecule has 0 saturated heterocycles. The highest BCUT2D eigenvalue weighted by Gasteiger charge is 2.18. The Bertz CT molecular complexity index is 395. The number of rotatable bonds is 6. The van der Waals surface area contributed by atoms with Gasteiger partial charge in [-0.15, -0.1) is 11.3 Å². The molecule has 0 fully saturated rings. The molecule has 5 heteroatoms. The number of Topliss-reactive ketones (excluding diaryl/α,β-unsaturated/α-hetero) is 1. The molecule has 1 unspecified atom stereocenters. The van der Waals surface area contributed by atoms with Crippen molar-refractivity contribution >= 4 is 28.7 Å². The number of hydrogen-bond donors (Lipinski definition) is 0. The highest BCUT2D eigenvalue weighted by molar-refractivity contribution is 7.18. The van der Waals surface area contributed by atoms with E-state index in [2.05, 4.69) is 0 Å². The highest BCUT2D eigenvalue weighted by atomic mass is 35.5. The van der Waals surface area contributed by atoms with Gasteiger partial charge in [-0.2, -0.15) is 0 Å². The minimum absolute atomic E-state index is 0.0392. The molecular weight excluding hydrogens is 272 g/mol. The van der Waals surface area contributed by atoms with Gasteiger partial charge in [0.15, 0.2) is 0 Å². The summed E-state index contributed by atoms with van der Waals surface area (Å²) >= 11 is 7.06. The average molecular weight is 291 g/mol. The van der Waals surface area contributed by atoms with Crippen LogP contribution in [0.2, 0.25) is 4.34 Å². The quantitative estimate of drug-likeness (QED) is 0.590. The predicted molar refractivity (Wildman–Crippen MR) is 74.8 cm³/mol. The molecule has 0 aliphatic rings. The molecule has 18 heavy (non-hydrogen) atoms. The number of halogens is 1. The summed E-state index contributed by atoms with van der Waals surface area (Å²) in [5.41, 5.74) is -0.183. The molecule has 0 aliphatic heterocycles. The van der Waals surface area contributed by atoms with Crippen LogP contribution in [0.5, 0.6) is 0 Å². The lowest BCUT2D eigenvalue weighted by atomic mass is 10.2. The average Bonchev–Trinajstić information content (AvgIpc) is 2.68. The fourth-order valence-corrected chi connectivity index (χ4v) is 2.36. The Morgan fingerprint density at radius 1 is 1.39 bits per heavy atom. The first kappa shape index (κ1) is 15.6. The monoisotopic (exact) mass is 290 g/mol. The van der Waals surface area contributed by atoms with Crippen LogP contribution in [0.25, 0.3) is 0 Å². The third-order valence-electron chi connectivity index (χ3n) is 2.17. The SMILES string of the molecule is CC(OCCOC(C)(C)C)C(=O)c1ccc(Cl)s1. The standard InChI is InChI=1S/C13H19ClO3S/c1-9(16-7-8-17-13(2,3)4)12(15)10-5-6-11(14)18-10/h5-6,9H,7-8H2,1-4H3. The zero-order valence-electron chi connectivity index (χ0n) is 11.2. The van der Waals surface area contributed by atoms with Crippen molar-refractivity contribution in [2.24, 2.45) is 0 Å². The van der Waals surface area contributed by atoms with E-state index in [-0.39, 0.29) is 11.4 Å². The van der Waals surface area contributed by atoms with Crippen molar-refractivity contribution in [3.8, 4) is 0 Å². The number of carbonyl (C=O) groups excluding carboxylic acids is 1. The molecule has 102 valence electrons. The lowest BCUT2D eigenvalue weighted by Gasteiger charge is -2.20. The van der Waals surface area contributed by atoms with E-state index in [9.17, 15) is 4.79 Å². The second kappa shape index (κ2) is 6.66. The Hall–Kier alpha value is -0.420. The van der Waals surface area contributed by atoms with Crippen molar-refractivity contribution in [2.75, 3.05) is 13.2 Å². The minimum Gasteiger partial charge on any atom is -0.373 e. The zero-order chi connectivity index (χ0) is 13.8. The summed E-state index contributed by atoms with van der Waals surface area (Å²) in [5, 5.41) is 0. The van der Waals surface area contributed by atoms with Crippen LogP contribution in [-0.2, 0) is 9.47 Å². The molecule has 0 radical (unpaired) electrons. The molecule has 0 aromatic carbocycles. The van der Waals surface area contributed by atoms with Crippen LogP contribution in [0.4, 0.5) is 0 Å². The van der Waals surface area contributed by atoms with Gasteiger partial charge in [-0.1, -0.05) is 11.6 Å². The van der Waals surface area contributed by atoms with E-state index in [1.54, 1.807) is 19.1 Å². The van der Waals surface area contributed by atoms with E-state index in [1.165, 1.54) is 11.3 Å². The summed E-state index contributed by atoms with van der Waals surface area (Å²) in [6, 6.07) is 3.44. The summed E-state index contributed by atoms with van der Waals surface area (Å²) < 4.78 is 11.6. The number of ether oxygens (including phenoxy) is 2. The second-order valence-electron chi connectivity index (χ2n) is 4.94.